The van der Waals surface area contributed by atoms with Crippen molar-refractivity contribution in [3.8, 4) is 0 Å². The summed E-state index contributed by atoms with van der Waals surface area (Å²) in [7, 11) is 4.08. The molecule has 1 fully saturated rings. The lowest BCUT2D eigenvalue weighted by Gasteiger charge is -2.39. The van der Waals surface area contributed by atoms with E-state index >= 15 is 0 Å². The molecule has 138 valence electrons. The van der Waals surface area contributed by atoms with Gasteiger partial charge in [0.15, 0.2) is 0 Å². The number of benzene rings is 1. The van der Waals surface area contributed by atoms with Crippen LogP contribution in [0, 0.1) is 17.0 Å². The minimum Gasteiger partial charge on any atom is -0.371 e. The number of anilines is 1. The zero-order chi connectivity index (χ0) is 18.4. The first-order chi connectivity index (χ1) is 11.9. The third kappa shape index (κ3) is 5.24. The van der Waals surface area contributed by atoms with E-state index in [4.69, 9.17) is 0 Å². The number of rotatable bonds is 8. The van der Waals surface area contributed by atoms with Crippen LogP contribution in [0.3, 0.4) is 0 Å². The number of hydrogen-bond donors (Lipinski definition) is 0. The van der Waals surface area contributed by atoms with Gasteiger partial charge in [-0.3, -0.25) is 15.0 Å². The molecule has 0 saturated carbocycles. The van der Waals surface area contributed by atoms with Gasteiger partial charge in [0.2, 0.25) is 0 Å². The Balaban J connectivity index is 1.98. The predicted molar refractivity (Wildman–Crippen MR) is 99.3 cm³/mol. The van der Waals surface area contributed by atoms with E-state index in [2.05, 4.69) is 14.7 Å². The molecule has 1 heterocycles. The molecule has 0 bridgehead atoms. The molecular weight excluding hydrogens is 320 g/mol. The number of hydrogen-bond acceptors (Lipinski definition) is 6. The van der Waals surface area contributed by atoms with E-state index in [-0.39, 0.29) is 10.6 Å². The summed E-state index contributed by atoms with van der Waals surface area (Å²) < 4.78 is 0. The monoisotopic (exact) mass is 348 g/mol. The first-order valence-electron chi connectivity index (χ1n) is 8.74. The van der Waals surface area contributed by atoms with Gasteiger partial charge in [-0.15, -0.1) is 0 Å². The van der Waals surface area contributed by atoms with Crippen LogP contribution < -0.4 is 4.90 Å². The van der Waals surface area contributed by atoms with Crippen molar-refractivity contribution >= 4 is 17.7 Å². The van der Waals surface area contributed by atoms with Crippen LogP contribution in [0.15, 0.2) is 18.2 Å². The Kier molecular flexibility index (Phi) is 6.90. The Morgan fingerprint density at radius 2 is 1.96 bits per heavy atom. The molecule has 1 aliphatic heterocycles. The molecule has 1 saturated heterocycles. The molecule has 0 amide bonds. The third-order valence-electron chi connectivity index (χ3n) is 4.86. The quantitative estimate of drug-likeness (QED) is 0.406. The standard InChI is InChI=1S/C18H28N4O3/c1-15-14-17(22(24)25)4-5-18(15)21-8-6-16(7-9-21)20(12-13-23)11-10-19(2)3/h4-5,13-14,16H,6-12H2,1-3H3. The molecule has 1 aromatic carbocycles. The Bertz CT molecular complexity index is 598. The summed E-state index contributed by atoms with van der Waals surface area (Å²) in [6.45, 7) is 6.04. The van der Waals surface area contributed by atoms with Crippen LogP contribution in [-0.2, 0) is 4.79 Å². The second-order valence-electron chi connectivity index (χ2n) is 6.91. The van der Waals surface area contributed by atoms with Crippen LogP contribution in [-0.4, -0.2) is 73.9 Å². The number of piperidine rings is 1. The van der Waals surface area contributed by atoms with Crippen LogP contribution >= 0.6 is 0 Å². The van der Waals surface area contributed by atoms with Gasteiger partial charge < -0.3 is 14.6 Å². The summed E-state index contributed by atoms with van der Waals surface area (Å²) in [5.74, 6) is 0. The average Bonchev–Trinajstić information content (AvgIpc) is 2.58. The maximum Gasteiger partial charge on any atom is 0.269 e. The van der Waals surface area contributed by atoms with Gasteiger partial charge in [-0.05, 0) is 45.5 Å². The lowest BCUT2D eigenvalue weighted by molar-refractivity contribution is -0.384. The number of nitro groups is 1. The first-order valence-corrected chi connectivity index (χ1v) is 8.74. The van der Waals surface area contributed by atoms with Crippen molar-refractivity contribution in [2.75, 3.05) is 51.7 Å². The molecule has 0 N–H and O–H groups in total. The molecule has 1 aliphatic rings. The van der Waals surface area contributed by atoms with Gasteiger partial charge in [-0.1, -0.05) is 0 Å². The number of carbonyl (C=O) groups excluding carboxylic acids is 1. The molecule has 0 spiro atoms. The molecule has 1 aromatic rings. The highest BCUT2D eigenvalue weighted by molar-refractivity contribution is 5.57. The molecule has 0 radical (unpaired) electrons. The van der Waals surface area contributed by atoms with E-state index in [9.17, 15) is 14.9 Å². The maximum atomic E-state index is 11.0. The molecule has 0 aliphatic carbocycles. The number of nitrogens with zero attached hydrogens (tertiary/aromatic N) is 4. The molecule has 0 atom stereocenters. The van der Waals surface area contributed by atoms with E-state index in [0.717, 1.165) is 56.6 Å². The van der Waals surface area contributed by atoms with Crippen LogP contribution in [0.1, 0.15) is 18.4 Å². The van der Waals surface area contributed by atoms with Gasteiger partial charge in [-0.25, -0.2) is 0 Å². The van der Waals surface area contributed by atoms with Gasteiger partial charge in [-0.2, -0.15) is 0 Å². The van der Waals surface area contributed by atoms with Crippen LogP contribution in [0.25, 0.3) is 0 Å². The largest absolute Gasteiger partial charge is 0.371 e. The minimum atomic E-state index is -0.356. The normalized spacial score (nSPS) is 15.8. The van der Waals surface area contributed by atoms with E-state index in [0.29, 0.717) is 12.6 Å². The molecule has 0 unspecified atom stereocenters. The summed E-state index contributed by atoms with van der Waals surface area (Å²) in [5, 5.41) is 10.9. The summed E-state index contributed by atoms with van der Waals surface area (Å²) in [6.07, 6.45) is 2.98. The molecule has 25 heavy (non-hydrogen) atoms. The van der Waals surface area contributed by atoms with Crippen molar-refractivity contribution in [1.29, 1.82) is 0 Å². The molecule has 2 rings (SSSR count). The van der Waals surface area contributed by atoms with Gasteiger partial charge in [0.25, 0.3) is 5.69 Å². The summed E-state index contributed by atoms with van der Waals surface area (Å²) in [4.78, 5) is 28.2. The fourth-order valence-corrected chi connectivity index (χ4v) is 3.43. The fourth-order valence-electron chi connectivity index (χ4n) is 3.43. The third-order valence-corrected chi connectivity index (χ3v) is 4.86. The van der Waals surface area contributed by atoms with Crippen LogP contribution in [0.2, 0.25) is 0 Å². The fraction of sp³-hybridized carbons (Fsp3) is 0.611. The molecule has 7 nitrogen and oxygen atoms in total. The van der Waals surface area contributed by atoms with Gasteiger partial charge in [0.05, 0.1) is 11.5 Å². The molecule has 0 aromatic heterocycles. The molecular formula is C18H28N4O3. The van der Waals surface area contributed by atoms with Gasteiger partial charge in [0.1, 0.15) is 6.29 Å². The minimum absolute atomic E-state index is 0.136. The lowest BCUT2D eigenvalue weighted by atomic mass is 10.0. The van der Waals surface area contributed by atoms with E-state index < -0.39 is 0 Å². The highest BCUT2D eigenvalue weighted by atomic mass is 16.6. The first kappa shape index (κ1) is 19.3. The van der Waals surface area contributed by atoms with Crippen molar-refractivity contribution in [3.05, 3.63) is 33.9 Å². The van der Waals surface area contributed by atoms with E-state index in [1.54, 1.807) is 12.1 Å². The van der Waals surface area contributed by atoms with Crippen molar-refractivity contribution in [2.45, 2.75) is 25.8 Å². The second-order valence-corrected chi connectivity index (χ2v) is 6.91. The summed E-state index contributed by atoms with van der Waals surface area (Å²) in [6, 6.07) is 5.48. The smallest absolute Gasteiger partial charge is 0.269 e. The highest BCUT2D eigenvalue weighted by Gasteiger charge is 2.25. The Morgan fingerprint density at radius 3 is 2.48 bits per heavy atom. The number of non-ortho nitro benzene ring substituents is 1. The lowest BCUT2D eigenvalue weighted by Crippen LogP contribution is -2.47. The number of likely N-dealkylation sites (N-methyl/N-ethyl adjacent to an activating group) is 1. The summed E-state index contributed by atoms with van der Waals surface area (Å²) in [5.41, 5.74) is 2.14. The topological polar surface area (TPSA) is 69.9 Å². The Morgan fingerprint density at radius 1 is 1.28 bits per heavy atom. The zero-order valence-corrected chi connectivity index (χ0v) is 15.4. The molecule has 7 heteroatoms. The van der Waals surface area contributed by atoms with Crippen molar-refractivity contribution in [1.82, 2.24) is 9.80 Å². The van der Waals surface area contributed by atoms with E-state index in [1.807, 2.05) is 27.1 Å². The van der Waals surface area contributed by atoms with Crippen molar-refractivity contribution in [2.24, 2.45) is 0 Å². The Labute approximate surface area is 149 Å². The number of nitro benzene ring substituents is 1. The second kappa shape index (κ2) is 8.92. The number of aryl methyl sites for hydroxylation is 1. The highest BCUT2D eigenvalue weighted by Crippen LogP contribution is 2.28. The van der Waals surface area contributed by atoms with E-state index in [1.165, 1.54) is 0 Å². The number of carbonyl (C=O) groups is 1. The van der Waals surface area contributed by atoms with Crippen molar-refractivity contribution < 1.29 is 9.72 Å². The van der Waals surface area contributed by atoms with Crippen LogP contribution in [0.4, 0.5) is 11.4 Å². The average molecular weight is 348 g/mol. The van der Waals surface area contributed by atoms with Gasteiger partial charge >= 0.3 is 0 Å². The Hall–Kier alpha value is -1.99. The van der Waals surface area contributed by atoms with Crippen molar-refractivity contribution in [3.63, 3.8) is 0 Å². The van der Waals surface area contributed by atoms with Crippen LogP contribution in [0.5, 0.6) is 0 Å². The maximum absolute atomic E-state index is 11.0. The predicted octanol–water partition coefficient (Wildman–Crippen LogP) is 1.93. The number of aldehydes is 1. The summed E-state index contributed by atoms with van der Waals surface area (Å²) >= 11 is 0. The zero-order valence-electron chi connectivity index (χ0n) is 15.4. The SMILES string of the molecule is Cc1cc([N+](=O)[O-])ccc1N1CCC(N(CC=O)CCN(C)C)CC1. The van der Waals surface area contributed by atoms with Gasteiger partial charge in [0, 0.05) is 50.0 Å².